The van der Waals surface area contributed by atoms with Crippen molar-refractivity contribution in [3.05, 3.63) is 59.1 Å². The number of amides is 2. The van der Waals surface area contributed by atoms with E-state index in [1.54, 1.807) is 41.3 Å². The summed E-state index contributed by atoms with van der Waals surface area (Å²) >= 11 is 6.02. The molecule has 204 valence electrons. The molecule has 0 aliphatic rings. The summed E-state index contributed by atoms with van der Waals surface area (Å²) < 4.78 is 31.7. The molecule has 0 heterocycles. The number of nitrogens with one attached hydrogen (secondary N) is 1. The molecule has 1 atom stereocenters. The monoisotopic (exact) mass is 551 g/mol. The van der Waals surface area contributed by atoms with Gasteiger partial charge in [0.05, 0.1) is 19.1 Å². The fourth-order valence-corrected chi connectivity index (χ4v) is 5.04. The topological polar surface area (TPSA) is 96.0 Å². The van der Waals surface area contributed by atoms with E-state index in [2.05, 4.69) is 5.32 Å². The quantitative estimate of drug-likeness (QED) is 0.373. The molecule has 2 amide bonds. The number of hydrogen-bond donors (Lipinski definition) is 1. The highest BCUT2D eigenvalue weighted by molar-refractivity contribution is 7.92. The first-order valence-corrected chi connectivity index (χ1v) is 14.6. The molecular formula is C27H38ClN3O5S. The summed E-state index contributed by atoms with van der Waals surface area (Å²) in [5, 5.41) is 3.52. The van der Waals surface area contributed by atoms with Crippen molar-refractivity contribution in [1.82, 2.24) is 10.2 Å². The van der Waals surface area contributed by atoms with Crippen LogP contribution in [0.5, 0.6) is 5.75 Å². The van der Waals surface area contributed by atoms with Crippen LogP contribution in [0.15, 0.2) is 48.5 Å². The number of nitrogens with zero attached hydrogens (tertiary/aromatic N) is 2. The van der Waals surface area contributed by atoms with Crippen molar-refractivity contribution < 1.29 is 22.7 Å². The molecule has 0 fully saturated rings. The van der Waals surface area contributed by atoms with Gasteiger partial charge in [-0.1, -0.05) is 56.6 Å². The normalized spacial score (nSPS) is 12.2. The highest BCUT2D eigenvalue weighted by Crippen LogP contribution is 2.30. The Morgan fingerprint density at radius 1 is 1.08 bits per heavy atom. The number of carbonyl (C=O) groups is 2. The van der Waals surface area contributed by atoms with Crippen LogP contribution in [0.3, 0.4) is 0 Å². The van der Waals surface area contributed by atoms with E-state index in [0.29, 0.717) is 29.4 Å². The number of ether oxygens (including phenoxy) is 1. The van der Waals surface area contributed by atoms with Gasteiger partial charge in [-0.25, -0.2) is 8.42 Å². The van der Waals surface area contributed by atoms with Crippen LogP contribution in [0.1, 0.15) is 45.6 Å². The predicted molar refractivity (Wildman–Crippen MR) is 148 cm³/mol. The molecule has 0 unspecified atom stereocenters. The molecule has 2 rings (SSSR count). The van der Waals surface area contributed by atoms with Crippen molar-refractivity contribution >= 4 is 39.1 Å². The standard InChI is InChI=1S/C27H38ClN3O5S/c1-6-23(27(33)29-18-20(2)3)30(19-21-13-15-22(28)16-14-21)26(32)12-9-17-31(37(5,34)35)24-10-7-8-11-25(24)36-4/h7-8,10-11,13-16,20,23H,6,9,12,17-19H2,1-5H3,(H,29,33)/t23-/m1/s1. The minimum absolute atomic E-state index is 0.0721. The third-order valence-corrected chi connectivity index (χ3v) is 7.27. The van der Waals surface area contributed by atoms with E-state index in [4.69, 9.17) is 16.3 Å². The van der Waals surface area contributed by atoms with Crippen LogP contribution in [0.4, 0.5) is 5.69 Å². The lowest BCUT2D eigenvalue weighted by atomic mass is 10.1. The van der Waals surface area contributed by atoms with E-state index in [0.717, 1.165) is 11.8 Å². The number of hydrogen-bond acceptors (Lipinski definition) is 5. The van der Waals surface area contributed by atoms with E-state index >= 15 is 0 Å². The van der Waals surface area contributed by atoms with Crippen LogP contribution < -0.4 is 14.4 Å². The molecule has 0 bridgehead atoms. The molecule has 0 saturated heterocycles. The molecule has 0 spiro atoms. The summed E-state index contributed by atoms with van der Waals surface area (Å²) in [6.45, 7) is 6.73. The zero-order chi connectivity index (χ0) is 27.6. The summed E-state index contributed by atoms with van der Waals surface area (Å²) in [4.78, 5) is 28.1. The summed E-state index contributed by atoms with van der Waals surface area (Å²) in [5.74, 6) is 0.274. The summed E-state index contributed by atoms with van der Waals surface area (Å²) in [6, 6.07) is 13.3. The lowest BCUT2D eigenvalue weighted by Gasteiger charge is -2.31. The fourth-order valence-electron chi connectivity index (χ4n) is 3.95. The first-order chi connectivity index (χ1) is 17.5. The lowest BCUT2D eigenvalue weighted by Crippen LogP contribution is -2.49. The molecule has 0 aliphatic carbocycles. The van der Waals surface area contributed by atoms with Gasteiger partial charge in [0, 0.05) is 31.1 Å². The lowest BCUT2D eigenvalue weighted by molar-refractivity contribution is -0.141. The van der Waals surface area contributed by atoms with Crippen molar-refractivity contribution in [2.45, 2.75) is 52.6 Å². The molecule has 0 saturated carbocycles. The molecule has 0 aromatic heterocycles. The number of benzene rings is 2. The average Bonchev–Trinajstić information content (AvgIpc) is 2.85. The molecule has 2 aromatic carbocycles. The van der Waals surface area contributed by atoms with Gasteiger partial charge in [0.25, 0.3) is 0 Å². The van der Waals surface area contributed by atoms with Gasteiger partial charge < -0.3 is 15.0 Å². The maximum atomic E-state index is 13.5. The van der Waals surface area contributed by atoms with Crippen LogP contribution in [0.2, 0.25) is 5.02 Å². The van der Waals surface area contributed by atoms with Gasteiger partial charge in [-0.3, -0.25) is 13.9 Å². The highest BCUT2D eigenvalue weighted by atomic mass is 35.5. The Balaban J connectivity index is 2.23. The number of rotatable bonds is 14. The van der Waals surface area contributed by atoms with Crippen LogP contribution in [-0.2, 0) is 26.2 Å². The minimum atomic E-state index is -3.62. The van der Waals surface area contributed by atoms with Crippen molar-refractivity contribution in [3.8, 4) is 5.75 Å². The molecule has 0 aliphatic heterocycles. The predicted octanol–water partition coefficient (Wildman–Crippen LogP) is 4.47. The molecule has 2 aromatic rings. The second-order valence-corrected chi connectivity index (χ2v) is 11.7. The first kappa shape index (κ1) is 30.4. The Morgan fingerprint density at radius 3 is 2.30 bits per heavy atom. The van der Waals surface area contributed by atoms with E-state index in [1.165, 1.54) is 11.4 Å². The second-order valence-electron chi connectivity index (χ2n) is 9.32. The molecule has 37 heavy (non-hydrogen) atoms. The molecule has 0 radical (unpaired) electrons. The van der Waals surface area contributed by atoms with Crippen molar-refractivity contribution in [2.75, 3.05) is 30.8 Å². The molecule has 8 nitrogen and oxygen atoms in total. The fraction of sp³-hybridized carbons (Fsp3) is 0.481. The van der Waals surface area contributed by atoms with Crippen LogP contribution >= 0.6 is 11.6 Å². The Morgan fingerprint density at radius 2 is 1.73 bits per heavy atom. The molecule has 1 N–H and O–H groups in total. The number of anilines is 1. The van der Waals surface area contributed by atoms with Crippen LogP contribution in [0, 0.1) is 5.92 Å². The van der Waals surface area contributed by atoms with Crippen molar-refractivity contribution in [1.29, 1.82) is 0 Å². The maximum absolute atomic E-state index is 13.5. The zero-order valence-electron chi connectivity index (χ0n) is 22.2. The molecular weight excluding hydrogens is 514 g/mol. The van der Waals surface area contributed by atoms with Gasteiger partial charge in [0.2, 0.25) is 21.8 Å². The van der Waals surface area contributed by atoms with Gasteiger partial charge in [-0.05, 0) is 48.6 Å². The summed E-state index contributed by atoms with van der Waals surface area (Å²) in [6.07, 6.45) is 1.91. The number of carbonyl (C=O) groups excluding carboxylic acids is 2. The smallest absolute Gasteiger partial charge is 0.242 e. The minimum Gasteiger partial charge on any atom is -0.495 e. The number of sulfonamides is 1. The Labute approximate surface area is 226 Å². The van der Waals surface area contributed by atoms with E-state index in [9.17, 15) is 18.0 Å². The van der Waals surface area contributed by atoms with Crippen LogP contribution in [-0.4, -0.2) is 57.6 Å². The van der Waals surface area contributed by atoms with Gasteiger partial charge >= 0.3 is 0 Å². The Bertz CT molecular complexity index is 1140. The van der Waals surface area contributed by atoms with Crippen molar-refractivity contribution in [3.63, 3.8) is 0 Å². The third kappa shape index (κ3) is 9.23. The Hall–Kier alpha value is -2.78. The van der Waals surface area contributed by atoms with Crippen LogP contribution in [0.25, 0.3) is 0 Å². The Kier molecular flexibility index (Phi) is 11.7. The summed E-state index contributed by atoms with van der Waals surface area (Å²) in [5.41, 5.74) is 1.26. The average molecular weight is 552 g/mol. The van der Waals surface area contributed by atoms with Gasteiger partial charge in [-0.15, -0.1) is 0 Å². The molecule has 10 heteroatoms. The van der Waals surface area contributed by atoms with E-state index < -0.39 is 16.1 Å². The third-order valence-electron chi connectivity index (χ3n) is 5.84. The number of methoxy groups -OCH3 is 1. The highest BCUT2D eigenvalue weighted by Gasteiger charge is 2.29. The largest absolute Gasteiger partial charge is 0.495 e. The van der Waals surface area contributed by atoms with E-state index in [1.807, 2.05) is 32.9 Å². The SMILES string of the molecule is CC[C@H](C(=O)NCC(C)C)N(Cc1ccc(Cl)cc1)C(=O)CCCN(c1ccccc1OC)S(C)(=O)=O. The first-order valence-electron chi connectivity index (χ1n) is 12.4. The van der Waals surface area contributed by atoms with Gasteiger partial charge in [0.1, 0.15) is 11.8 Å². The van der Waals surface area contributed by atoms with Gasteiger partial charge in [-0.2, -0.15) is 0 Å². The number of para-hydroxylation sites is 2. The zero-order valence-corrected chi connectivity index (χ0v) is 23.8. The second kappa shape index (κ2) is 14.2. The maximum Gasteiger partial charge on any atom is 0.242 e. The summed E-state index contributed by atoms with van der Waals surface area (Å²) in [7, 11) is -2.14. The van der Waals surface area contributed by atoms with E-state index in [-0.39, 0.29) is 43.7 Å². The number of halogens is 1. The van der Waals surface area contributed by atoms with Crippen molar-refractivity contribution in [2.24, 2.45) is 5.92 Å². The van der Waals surface area contributed by atoms with Gasteiger partial charge in [0.15, 0.2) is 0 Å².